The van der Waals surface area contributed by atoms with E-state index in [-0.39, 0.29) is 18.0 Å². The molecule has 0 spiro atoms. The maximum absolute atomic E-state index is 12.9. The quantitative estimate of drug-likeness (QED) is 0.338. The normalized spacial score (nSPS) is 19.7. The van der Waals surface area contributed by atoms with E-state index in [1.165, 1.54) is 14.2 Å². The highest BCUT2D eigenvalue weighted by atomic mass is 16.6. The molecule has 7 nitrogen and oxygen atoms in total. The minimum Gasteiger partial charge on any atom is -0.464 e. The molecule has 1 atom stereocenters. The van der Waals surface area contributed by atoms with Gasteiger partial charge in [-0.05, 0) is 25.0 Å². The van der Waals surface area contributed by atoms with Crippen molar-refractivity contribution in [3.8, 4) is 0 Å². The van der Waals surface area contributed by atoms with Gasteiger partial charge in [0, 0.05) is 29.3 Å². The van der Waals surface area contributed by atoms with Crippen molar-refractivity contribution in [1.82, 2.24) is 4.57 Å². The highest BCUT2D eigenvalue weighted by Gasteiger charge is 2.42. The third-order valence-corrected chi connectivity index (χ3v) is 5.32. The molecule has 27 heavy (non-hydrogen) atoms. The molecule has 0 saturated carbocycles. The average molecular weight is 370 g/mol. The van der Waals surface area contributed by atoms with Gasteiger partial charge < -0.3 is 9.57 Å². The fraction of sp³-hybridized carbons (Fsp3) is 0.400. The highest BCUT2D eigenvalue weighted by molar-refractivity contribution is 6.64. The second-order valence-electron chi connectivity index (χ2n) is 6.67. The predicted octanol–water partition coefficient (Wildman–Crippen LogP) is 2.86. The summed E-state index contributed by atoms with van der Waals surface area (Å²) in [4.78, 5) is 42.0. The Morgan fingerprint density at radius 1 is 1.26 bits per heavy atom. The molecule has 1 aliphatic heterocycles. The van der Waals surface area contributed by atoms with Gasteiger partial charge in [-0.15, -0.1) is 0 Å². The van der Waals surface area contributed by atoms with E-state index in [0.717, 1.165) is 16.6 Å². The number of rotatable bonds is 6. The Morgan fingerprint density at radius 2 is 2.00 bits per heavy atom. The Kier molecular flexibility index (Phi) is 5.12. The number of benzene rings is 1. The minimum atomic E-state index is -0.833. The smallest absolute Gasteiger partial charge is 0.363 e. The van der Waals surface area contributed by atoms with Crippen LogP contribution in [0.25, 0.3) is 10.9 Å². The third kappa shape index (κ3) is 3.13. The van der Waals surface area contributed by atoms with Crippen molar-refractivity contribution in [2.24, 2.45) is 5.16 Å². The monoisotopic (exact) mass is 370 g/mol. The van der Waals surface area contributed by atoms with Gasteiger partial charge in [0.2, 0.25) is 11.6 Å². The zero-order chi connectivity index (χ0) is 19.6. The summed E-state index contributed by atoms with van der Waals surface area (Å²) < 4.78 is 6.36. The van der Waals surface area contributed by atoms with Gasteiger partial charge in [-0.3, -0.25) is 14.2 Å². The molecule has 142 valence electrons. The fourth-order valence-corrected chi connectivity index (χ4v) is 3.84. The number of methoxy groups -OCH3 is 1. The predicted molar refractivity (Wildman–Crippen MR) is 99.9 cm³/mol. The maximum atomic E-state index is 12.9. The van der Waals surface area contributed by atoms with Crippen molar-refractivity contribution in [2.45, 2.75) is 38.0 Å². The summed E-state index contributed by atoms with van der Waals surface area (Å²) in [5.74, 6) is -1.28. The molecule has 0 bridgehead atoms. The average Bonchev–Trinajstić information content (AvgIpc) is 3.09. The summed E-state index contributed by atoms with van der Waals surface area (Å²) in [6, 6.07) is 9.61. The molecule has 0 amide bonds. The summed E-state index contributed by atoms with van der Waals surface area (Å²) in [6.45, 7) is 1.98. The molecule has 7 heteroatoms. The van der Waals surface area contributed by atoms with Crippen molar-refractivity contribution >= 4 is 34.3 Å². The lowest BCUT2D eigenvalue weighted by Gasteiger charge is -2.36. The summed E-state index contributed by atoms with van der Waals surface area (Å²) in [5.41, 5.74) is 0.707. The van der Waals surface area contributed by atoms with Crippen LogP contribution in [0.5, 0.6) is 0 Å². The van der Waals surface area contributed by atoms with Gasteiger partial charge in [-0.2, -0.15) is 0 Å². The first-order valence-electron chi connectivity index (χ1n) is 8.84. The number of Topliss-reactive ketones (excluding diaryl/α,β-unsaturated/α-hetero) is 1. The van der Waals surface area contributed by atoms with Crippen LogP contribution in [0.15, 0.2) is 35.5 Å². The molecular weight excluding hydrogens is 348 g/mol. The fourth-order valence-electron chi connectivity index (χ4n) is 3.84. The van der Waals surface area contributed by atoms with Crippen molar-refractivity contribution in [1.29, 1.82) is 0 Å². The Labute approximate surface area is 156 Å². The topological polar surface area (TPSA) is 87.0 Å². The van der Waals surface area contributed by atoms with E-state index in [2.05, 4.69) is 14.7 Å². The molecule has 0 fully saturated rings. The van der Waals surface area contributed by atoms with E-state index >= 15 is 0 Å². The number of ether oxygens (including phenoxy) is 1. The standard InChI is InChI=1S/C20H22N2O5/c1-4-20(12-15(23)18(21-27-3)19(25)26-2)10-9-17(24)22-14-8-6-5-7-13(14)11-16(20)22/h5-8,11H,4,9-10,12H2,1-3H3/b21-18-/t20-/m1/s1. The van der Waals surface area contributed by atoms with Crippen LogP contribution in [0.4, 0.5) is 0 Å². The summed E-state index contributed by atoms with van der Waals surface area (Å²) in [5, 5.41) is 4.51. The summed E-state index contributed by atoms with van der Waals surface area (Å²) >= 11 is 0. The molecule has 0 radical (unpaired) electrons. The number of ketones is 1. The van der Waals surface area contributed by atoms with E-state index in [1.807, 2.05) is 37.3 Å². The van der Waals surface area contributed by atoms with E-state index in [9.17, 15) is 14.4 Å². The van der Waals surface area contributed by atoms with Gasteiger partial charge in [0.15, 0.2) is 5.78 Å². The zero-order valence-electron chi connectivity index (χ0n) is 15.7. The molecule has 1 aromatic carbocycles. The van der Waals surface area contributed by atoms with E-state index in [4.69, 9.17) is 0 Å². The van der Waals surface area contributed by atoms with Gasteiger partial charge in [0.05, 0.1) is 12.6 Å². The zero-order valence-corrected chi connectivity index (χ0v) is 15.7. The van der Waals surface area contributed by atoms with Crippen molar-refractivity contribution in [2.75, 3.05) is 14.2 Å². The van der Waals surface area contributed by atoms with Gasteiger partial charge in [0.1, 0.15) is 7.11 Å². The summed E-state index contributed by atoms with van der Waals surface area (Å²) in [6.07, 6.45) is 1.56. The number of hydrogen-bond donors (Lipinski definition) is 0. The van der Waals surface area contributed by atoms with Crippen LogP contribution in [0.1, 0.15) is 43.1 Å². The van der Waals surface area contributed by atoms with Gasteiger partial charge in [0.25, 0.3) is 0 Å². The van der Waals surface area contributed by atoms with Crippen LogP contribution in [0.3, 0.4) is 0 Å². The van der Waals surface area contributed by atoms with Crippen LogP contribution in [-0.2, 0) is 24.6 Å². The molecule has 0 N–H and O–H groups in total. The van der Waals surface area contributed by atoms with Crippen LogP contribution in [0.2, 0.25) is 0 Å². The number of hydrogen-bond acceptors (Lipinski definition) is 6. The number of carbonyl (C=O) groups excluding carboxylic acids is 3. The number of carbonyl (C=O) groups is 3. The van der Waals surface area contributed by atoms with Gasteiger partial charge >= 0.3 is 5.97 Å². The van der Waals surface area contributed by atoms with Gasteiger partial charge in [-0.25, -0.2) is 4.79 Å². The number of para-hydroxylation sites is 1. The first-order valence-corrected chi connectivity index (χ1v) is 8.84. The lowest BCUT2D eigenvalue weighted by molar-refractivity contribution is -0.133. The molecule has 0 saturated heterocycles. The van der Waals surface area contributed by atoms with Crippen molar-refractivity contribution in [3.63, 3.8) is 0 Å². The molecular formula is C20H22N2O5. The van der Waals surface area contributed by atoms with Gasteiger partial charge in [-0.1, -0.05) is 30.3 Å². The van der Waals surface area contributed by atoms with E-state index in [0.29, 0.717) is 19.3 Å². The van der Waals surface area contributed by atoms with E-state index < -0.39 is 17.2 Å². The minimum absolute atomic E-state index is 0.0153. The molecule has 0 unspecified atom stereocenters. The highest BCUT2D eigenvalue weighted by Crippen LogP contribution is 2.43. The lowest BCUT2D eigenvalue weighted by atomic mass is 9.71. The van der Waals surface area contributed by atoms with E-state index in [1.54, 1.807) is 4.57 Å². The van der Waals surface area contributed by atoms with Crippen LogP contribution in [-0.4, -0.2) is 42.2 Å². The third-order valence-electron chi connectivity index (χ3n) is 5.32. The number of nitrogens with zero attached hydrogens (tertiary/aromatic N) is 2. The first-order chi connectivity index (χ1) is 13.0. The molecule has 2 heterocycles. The molecule has 2 aromatic rings. The molecule has 3 rings (SSSR count). The number of fused-ring (bicyclic) bond motifs is 3. The largest absolute Gasteiger partial charge is 0.464 e. The number of aromatic nitrogens is 1. The second-order valence-corrected chi connectivity index (χ2v) is 6.67. The molecule has 1 aromatic heterocycles. The van der Waals surface area contributed by atoms with Crippen LogP contribution in [0, 0.1) is 0 Å². The number of esters is 1. The molecule has 0 aliphatic carbocycles. The molecule has 1 aliphatic rings. The van der Waals surface area contributed by atoms with Crippen LogP contribution < -0.4 is 0 Å². The van der Waals surface area contributed by atoms with Crippen LogP contribution >= 0.6 is 0 Å². The van der Waals surface area contributed by atoms with Crippen molar-refractivity contribution in [3.05, 3.63) is 36.0 Å². The second kappa shape index (κ2) is 7.34. The first kappa shape index (κ1) is 18.8. The van der Waals surface area contributed by atoms with Crippen molar-refractivity contribution < 1.29 is 24.0 Å². The summed E-state index contributed by atoms with van der Waals surface area (Å²) in [7, 11) is 2.45. The number of oxime groups is 1. The SMILES string of the molecule is CC[C@]1(CC(=O)/C(=N/OC)C(=O)OC)CCC(=O)n2c1cc1ccccc12. The Morgan fingerprint density at radius 3 is 2.67 bits per heavy atom. The Hall–Kier alpha value is -2.96. The Bertz CT molecular complexity index is 943. The Balaban J connectivity index is 2.07. The maximum Gasteiger partial charge on any atom is 0.363 e. The lowest BCUT2D eigenvalue weighted by Crippen LogP contribution is -2.40.